The molecule has 1 heterocycles. The Balaban J connectivity index is 1.56. The largest absolute Gasteiger partial charge is 0.454 e. The minimum absolute atomic E-state index is 0.0272. The van der Waals surface area contributed by atoms with Gasteiger partial charge < -0.3 is 10.1 Å². The van der Waals surface area contributed by atoms with Crippen LogP contribution in [0.1, 0.15) is 32.6 Å². The van der Waals surface area contributed by atoms with Crippen LogP contribution in [0.25, 0.3) is 0 Å². The van der Waals surface area contributed by atoms with Crippen molar-refractivity contribution in [1.82, 2.24) is 4.90 Å². The standard InChI is InChI=1S/C19H21FN2O5/c1-11(22-17(24)12-6-2-3-7-13(12)18(22)25)19(26)27-10-16(23)21-15-9-5-4-8-14(15)20/h4-5,8-9,11-13H,2-3,6-7,10H2,1H3,(H,21,23)/t11-,12+,13+/m0/s1. The van der Waals surface area contributed by atoms with Crippen molar-refractivity contribution in [2.24, 2.45) is 11.8 Å². The minimum Gasteiger partial charge on any atom is -0.454 e. The van der Waals surface area contributed by atoms with Gasteiger partial charge in [-0.25, -0.2) is 9.18 Å². The molecule has 0 aromatic heterocycles. The molecule has 7 nitrogen and oxygen atoms in total. The number of nitrogens with zero attached hydrogens (tertiary/aromatic N) is 1. The van der Waals surface area contributed by atoms with Crippen LogP contribution in [0.5, 0.6) is 0 Å². The zero-order valence-electron chi connectivity index (χ0n) is 14.9. The SMILES string of the molecule is C[C@@H](C(=O)OCC(=O)Nc1ccccc1F)N1C(=O)[C@@H]2CCCC[C@H]2C1=O. The number of carbonyl (C=O) groups excluding carboxylic acids is 4. The number of ether oxygens (including phenoxy) is 1. The normalized spacial score (nSPS) is 23.0. The number of amides is 3. The molecule has 3 rings (SSSR count). The fourth-order valence-corrected chi connectivity index (χ4v) is 3.68. The number of benzene rings is 1. The monoisotopic (exact) mass is 376 g/mol. The van der Waals surface area contributed by atoms with Crippen LogP contribution in [0.4, 0.5) is 10.1 Å². The van der Waals surface area contributed by atoms with Gasteiger partial charge in [0.15, 0.2) is 6.61 Å². The summed E-state index contributed by atoms with van der Waals surface area (Å²) in [5.41, 5.74) is -0.0272. The van der Waals surface area contributed by atoms with Gasteiger partial charge in [-0.2, -0.15) is 0 Å². The molecule has 1 aliphatic carbocycles. The molecule has 2 aliphatic rings. The van der Waals surface area contributed by atoms with E-state index < -0.39 is 30.3 Å². The number of para-hydroxylation sites is 1. The molecule has 0 radical (unpaired) electrons. The van der Waals surface area contributed by atoms with Crippen LogP contribution >= 0.6 is 0 Å². The van der Waals surface area contributed by atoms with Gasteiger partial charge in [-0.05, 0) is 31.9 Å². The molecule has 1 saturated carbocycles. The zero-order valence-corrected chi connectivity index (χ0v) is 14.9. The Morgan fingerprint density at radius 2 is 1.78 bits per heavy atom. The number of esters is 1. The van der Waals surface area contributed by atoms with Crippen molar-refractivity contribution in [3.05, 3.63) is 30.1 Å². The maximum absolute atomic E-state index is 13.5. The van der Waals surface area contributed by atoms with Crippen molar-refractivity contribution in [3.8, 4) is 0 Å². The summed E-state index contributed by atoms with van der Waals surface area (Å²) in [6, 6.07) is 4.50. The third-order valence-electron chi connectivity index (χ3n) is 5.10. The number of hydrogen-bond donors (Lipinski definition) is 1. The van der Waals surface area contributed by atoms with Crippen LogP contribution < -0.4 is 5.32 Å². The van der Waals surface area contributed by atoms with E-state index in [1.165, 1.54) is 25.1 Å². The average Bonchev–Trinajstić information content (AvgIpc) is 2.92. The molecule has 144 valence electrons. The molecule has 8 heteroatoms. The van der Waals surface area contributed by atoms with Gasteiger partial charge in [0, 0.05) is 0 Å². The number of imide groups is 1. The van der Waals surface area contributed by atoms with Crippen LogP contribution in [-0.2, 0) is 23.9 Å². The lowest BCUT2D eigenvalue weighted by molar-refractivity contribution is -0.159. The van der Waals surface area contributed by atoms with Gasteiger partial charge in [0.25, 0.3) is 5.91 Å². The molecule has 2 fully saturated rings. The number of carbonyl (C=O) groups is 4. The maximum atomic E-state index is 13.5. The number of hydrogen-bond acceptors (Lipinski definition) is 5. The smallest absolute Gasteiger partial charge is 0.329 e. The first kappa shape index (κ1) is 19.0. The molecule has 27 heavy (non-hydrogen) atoms. The lowest BCUT2D eigenvalue weighted by Crippen LogP contribution is -2.45. The highest BCUT2D eigenvalue weighted by Gasteiger charge is 2.51. The average molecular weight is 376 g/mol. The van der Waals surface area contributed by atoms with Crippen LogP contribution in [0.2, 0.25) is 0 Å². The number of anilines is 1. The fourth-order valence-electron chi connectivity index (χ4n) is 3.68. The topological polar surface area (TPSA) is 92.8 Å². The predicted octanol–water partition coefficient (Wildman–Crippen LogP) is 1.87. The Hall–Kier alpha value is -2.77. The van der Waals surface area contributed by atoms with Gasteiger partial charge in [-0.3, -0.25) is 19.3 Å². The number of halogens is 1. The van der Waals surface area contributed by atoms with Gasteiger partial charge >= 0.3 is 5.97 Å². The van der Waals surface area contributed by atoms with E-state index in [4.69, 9.17) is 4.74 Å². The van der Waals surface area contributed by atoms with Crippen molar-refractivity contribution in [2.45, 2.75) is 38.6 Å². The first-order valence-electron chi connectivity index (χ1n) is 8.98. The molecular weight excluding hydrogens is 355 g/mol. The lowest BCUT2D eigenvalue weighted by Gasteiger charge is -2.21. The lowest BCUT2D eigenvalue weighted by atomic mass is 9.81. The predicted molar refractivity (Wildman–Crippen MR) is 92.8 cm³/mol. The van der Waals surface area contributed by atoms with Crippen LogP contribution in [0.15, 0.2) is 24.3 Å². The Kier molecular flexibility index (Phi) is 5.53. The second kappa shape index (κ2) is 7.85. The fraction of sp³-hybridized carbons (Fsp3) is 0.474. The summed E-state index contributed by atoms with van der Waals surface area (Å²) in [4.78, 5) is 50.0. The van der Waals surface area contributed by atoms with Gasteiger partial charge in [-0.15, -0.1) is 0 Å². The summed E-state index contributed by atoms with van der Waals surface area (Å²) in [7, 11) is 0. The van der Waals surface area contributed by atoms with Gasteiger partial charge in [0.1, 0.15) is 11.9 Å². The summed E-state index contributed by atoms with van der Waals surface area (Å²) in [5.74, 6) is -3.57. The first-order valence-corrected chi connectivity index (χ1v) is 8.98. The highest BCUT2D eigenvalue weighted by molar-refractivity contribution is 6.08. The summed E-state index contributed by atoms with van der Waals surface area (Å²) in [6.45, 7) is 0.769. The van der Waals surface area contributed by atoms with E-state index in [2.05, 4.69) is 5.32 Å². The molecule has 1 aromatic carbocycles. The summed E-state index contributed by atoms with van der Waals surface area (Å²) in [5, 5.41) is 2.29. The third-order valence-corrected chi connectivity index (χ3v) is 5.10. The Morgan fingerprint density at radius 1 is 1.19 bits per heavy atom. The number of rotatable bonds is 5. The number of likely N-dealkylation sites (tertiary alicyclic amines) is 1. The molecule has 0 unspecified atom stereocenters. The molecule has 3 atom stereocenters. The van der Waals surface area contributed by atoms with Gasteiger partial charge in [0.2, 0.25) is 11.8 Å². The van der Waals surface area contributed by atoms with Gasteiger partial charge in [0.05, 0.1) is 17.5 Å². The van der Waals surface area contributed by atoms with Crippen molar-refractivity contribution < 1.29 is 28.3 Å². The van der Waals surface area contributed by atoms with E-state index in [-0.39, 0.29) is 29.3 Å². The molecule has 1 saturated heterocycles. The van der Waals surface area contributed by atoms with Crippen molar-refractivity contribution in [3.63, 3.8) is 0 Å². The van der Waals surface area contributed by atoms with Crippen LogP contribution in [0.3, 0.4) is 0 Å². The molecule has 0 bridgehead atoms. The molecular formula is C19H21FN2O5. The number of nitrogens with one attached hydrogen (secondary N) is 1. The van der Waals surface area contributed by atoms with E-state index in [1.54, 1.807) is 6.07 Å². The highest BCUT2D eigenvalue weighted by atomic mass is 19.1. The maximum Gasteiger partial charge on any atom is 0.329 e. The Bertz CT molecular complexity index is 757. The van der Waals surface area contributed by atoms with Crippen LogP contribution in [-0.4, -0.2) is 41.2 Å². The quantitative estimate of drug-likeness (QED) is 0.626. The Labute approximate surface area is 155 Å². The van der Waals surface area contributed by atoms with E-state index in [1.807, 2.05) is 0 Å². The summed E-state index contributed by atoms with van der Waals surface area (Å²) < 4.78 is 18.4. The van der Waals surface area contributed by atoms with Crippen molar-refractivity contribution in [2.75, 3.05) is 11.9 Å². The molecule has 3 amide bonds. The third kappa shape index (κ3) is 3.84. The summed E-state index contributed by atoms with van der Waals surface area (Å²) >= 11 is 0. The summed E-state index contributed by atoms with van der Waals surface area (Å²) in [6.07, 6.45) is 3.09. The Morgan fingerprint density at radius 3 is 2.37 bits per heavy atom. The molecule has 0 spiro atoms. The second-order valence-corrected chi connectivity index (χ2v) is 6.86. The van der Waals surface area contributed by atoms with Crippen molar-refractivity contribution >= 4 is 29.4 Å². The van der Waals surface area contributed by atoms with Gasteiger partial charge in [-0.1, -0.05) is 25.0 Å². The first-order chi connectivity index (χ1) is 12.9. The number of fused-ring (bicyclic) bond motifs is 1. The van der Waals surface area contributed by atoms with Crippen LogP contribution in [0, 0.1) is 17.7 Å². The molecule has 1 aliphatic heterocycles. The minimum atomic E-state index is -1.10. The molecule has 1 aromatic rings. The highest BCUT2D eigenvalue weighted by Crippen LogP contribution is 2.38. The van der Waals surface area contributed by atoms with E-state index in [0.29, 0.717) is 12.8 Å². The van der Waals surface area contributed by atoms with Crippen molar-refractivity contribution in [1.29, 1.82) is 0 Å². The van der Waals surface area contributed by atoms with E-state index >= 15 is 0 Å². The molecule has 1 N–H and O–H groups in total. The zero-order chi connectivity index (χ0) is 19.6. The van der Waals surface area contributed by atoms with E-state index in [9.17, 15) is 23.6 Å². The second-order valence-electron chi connectivity index (χ2n) is 6.86. The van der Waals surface area contributed by atoms with E-state index in [0.717, 1.165) is 17.7 Å².